The van der Waals surface area contributed by atoms with Gasteiger partial charge in [0.05, 0.1) is 12.7 Å². The second-order valence-electron chi connectivity index (χ2n) is 9.42. The highest BCUT2D eigenvalue weighted by atomic mass is 19.2. The van der Waals surface area contributed by atoms with Crippen LogP contribution in [-0.2, 0) is 14.3 Å². The van der Waals surface area contributed by atoms with Gasteiger partial charge in [-0.25, -0.2) is 32.9 Å². The van der Waals surface area contributed by atoms with Crippen LogP contribution in [0, 0.1) is 11.6 Å². The van der Waals surface area contributed by atoms with E-state index in [0.29, 0.717) is 29.8 Å². The summed E-state index contributed by atoms with van der Waals surface area (Å²) in [6, 6.07) is 4.59. The van der Waals surface area contributed by atoms with Crippen LogP contribution >= 0.6 is 0 Å². The third-order valence-electron chi connectivity index (χ3n) is 6.97. The lowest BCUT2D eigenvalue weighted by Gasteiger charge is -2.36. The molecule has 1 fully saturated rings. The number of amides is 4. The van der Waals surface area contributed by atoms with Crippen LogP contribution in [0.4, 0.5) is 18.4 Å². The maximum atomic E-state index is 14.1. The summed E-state index contributed by atoms with van der Waals surface area (Å²) >= 11 is 0. The highest BCUT2D eigenvalue weighted by Crippen LogP contribution is 2.35. The fourth-order valence-corrected chi connectivity index (χ4v) is 4.97. The maximum Gasteiger partial charge on any atom is 0.353 e. The first-order chi connectivity index (χ1) is 19.2. The quantitative estimate of drug-likeness (QED) is 0.322. The summed E-state index contributed by atoms with van der Waals surface area (Å²) in [6.45, 7) is 2.58. The summed E-state index contributed by atoms with van der Waals surface area (Å²) in [5, 5.41) is 14.2. The van der Waals surface area contributed by atoms with Gasteiger partial charge in [-0.15, -0.1) is 0 Å². The second-order valence-corrected chi connectivity index (χ2v) is 9.42. The van der Waals surface area contributed by atoms with E-state index in [9.17, 15) is 33.1 Å². The number of ether oxygens (including phenoxy) is 1. The van der Waals surface area contributed by atoms with E-state index in [2.05, 4.69) is 15.2 Å². The van der Waals surface area contributed by atoms with Gasteiger partial charge in [-0.2, -0.15) is 0 Å². The lowest BCUT2D eigenvalue weighted by molar-refractivity contribution is -0.139. The molecule has 4 rings (SSSR count). The molecule has 2 aromatic rings. The minimum atomic E-state index is -1.69. The Labute approximate surface area is 236 Å². The van der Waals surface area contributed by atoms with E-state index in [4.69, 9.17) is 4.74 Å². The Hall–Kier alpha value is -4.39. The summed E-state index contributed by atoms with van der Waals surface area (Å²) in [6.07, 6.45) is 4.26. The molecule has 11 nitrogen and oxygen atoms in total. The second kappa shape index (κ2) is 13.8. The molecule has 41 heavy (non-hydrogen) atoms. The van der Waals surface area contributed by atoms with Gasteiger partial charge in [0.2, 0.25) is 0 Å². The molecule has 0 saturated carbocycles. The molecule has 3 heterocycles. The third-order valence-corrected chi connectivity index (χ3v) is 6.97. The number of carbonyl (C=O) groups is 4. The number of hydrogen-bond donors (Lipinski definition) is 3. The molecule has 1 aromatic carbocycles. The minimum Gasteiger partial charge on any atom is -0.477 e. The lowest BCUT2D eigenvalue weighted by Crippen LogP contribution is -2.55. The molecule has 0 radical (unpaired) electrons. The van der Waals surface area contributed by atoms with Crippen molar-refractivity contribution in [2.45, 2.75) is 38.6 Å². The number of benzene rings is 1. The van der Waals surface area contributed by atoms with Gasteiger partial charge in [-0.1, -0.05) is 19.6 Å². The summed E-state index contributed by atoms with van der Waals surface area (Å²) in [7, 11) is 0.983. The lowest BCUT2D eigenvalue weighted by atomic mass is 9.93. The van der Waals surface area contributed by atoms with Crippen molar-refractivity contribution in [3.8, 4) is 0 Å². The number of piperidine rings is 1. The van der Waals surface area contributed by atoms with Crippen LogP contribution in [-0.4, -0.2) is 77.2 Å². The number of aliphatic carboxylic acids is 1. The van der Waals surface area contributed by atoms with Crippen molar-refractivity contribution < 1.29 is 37.8 Å². The first-order valence-electron chi connectivity index (χ1n) is 12.7. The Kier molecular flexibility index (Phi) is 10.5. The Bertz CT molecular complexity index is 1310. The number of carboxylic acid groups (broad SMARTS) is 1. The van der Waals surface area contributed by atoms with E-state index in [1.807, 2.05) is 23.5 Å². The van der Waals surface area contributed by atoms with E-state index < -0.39 is 52.9 Å². The normalized spacial score (nSPS) is 17.9. The van der Waals surface area contributed by atoms with Crippen molar-refractivity contribution in [2.24, 2.45) is 0 Å². The standard InChI is InChI=1S/C27H29F2N5O6.CH4/c1-40-25(37)21-22(24(35)36)32-27(39)34(23(21)17-6-7-18(28)19(29)15-17)26(38)31-11-4-12-33-13-8-16(9-14-33)20-5-2-3-10-30-20;/h2-3,5-7,10,15-16,23H,4,8-9,11-14H2,1H3,(H,31,38)(H,32,39)(H,35,36);1H4. The number of imide groups is 1. The number of aromatic nitrogens is 1. The van der Waals surface area contributed by atoms with E-state index in [-0.39, 0.29) is 19.5 Å². The molecular formula is C28H33F2N5O6. The number of halogens is 2. The van der Waals surface area contributed by atoms with E-state index in [1.54, 1.807) is 6.20 Å². The zero-order chi connectivity index (χ0) is 28.8. The largest absolute Gasteiger partial charge is 0.477 e. The number of methoxy groups -OCH3 is 1. The number of carboxylic acids is 1. The molecule has 0 spiro atoms. The van der Waals surface area contributed by atoms with Crippen LogP contribution in [0.15, 0.2) is 53.9 Å². The van der Waals surface area contributed by atoms with Crippen LogP contribution in [0.3, 0.4) is 0 Å². The molecule has 0 bridgehead atoms. The molecule has 2 aliphatic heterocycles. The number of pyridine rings is 1. The van der Waals surface area contributed by atoms with Gasteiger partial charge in [-0.3, -0.25) is 4.98 Å². The van der Waals surface area contributed by atoms with Crippen LogP contribution in [0.5, 0.6) is 0 Å². The van der Waals surface area contributed by atoms with Gasteiger partial charge in [0, 0.05) is 24.4 Å². The van der Waals surface area contributed by atoms with Crippen LogP contribution in [0.25, 0.3) is 0 Å². The number of nitrogens with zero attached hydrogens (tertiary/aromatic N) is 3. The average molecular weight is 574 g/mol. The van der Waals surface area contributed by atoms with Gasteiger partial charge >= 0.3 is 24.0 Å². The van der Waals surface area contributed by atoms with E-state index in [0.717, 1.165) is 50.9 Å². The van der Waals surface area contributed by atoms with Crippen molar-refractivity contribution in [3.05, 3.63) is 76.8 Å². The fourth-order valence-electron chi connectivity index (χ4n) is 4.97. The smallest absolute Gasteiger partial charge is 0.353 e. The third kappa shape index (κ3) is 7.04. The Balaban J connectivity index is 0.00000462. The Morgan fingerprint density at radius 1 is 1.15 bits per heavy atom. The predicted octanol–water partition coefficient (Wildman–Crippen LogP) is 3.55. The highest BCUT2D eigenvalue weighted by molar-refractivity contribution is 6.08. The van der Waals surface area contributed by atoms with Gasteiger partial charge in [0.15, 0.2) is 11.6 Å². The molecule has 13 heteroatoms. The van der Waals surface area contributed by atoms with Crippen LogP contribution in [0.1, 0.15) is 49.9 Å². The first kappa shape index (κ1) is 31.1. The van der Waals surface area contributed by atoms with Crippen molar-refractivity contribution in [1.29, 1.82) is 0 Å². The number of hydrogen-bond acceptors (Lipinski definition) is 7. The Morgan fingerprint density at radius 2 is 1.88 bits per heavy atom. The summed E-state index contributed by atoms with van der Waals surface area (Å²) in [5.41, 5.74) is -0.564. The summed E-state index contributed by atoms with van der Waals surface area (Å²) < 4.78 is 32.5. The molecule has 1 aromatic heterocycles. The number of rotatable bonds is 8. The van der Waals surface area contributed by atoms with Crippen LogP contribution < -0.4 is 10.6 Å². The maximum absolute atomic E-state index is 14.1. The number of nitrogens with one attached hydrogen (secondary N) is 2. The van der Waals surface area contributed by atoms with Gasteiger partial charge < -0.3 is 25.4 Å². The molecule has 0 aliphatic carbocycles. The highest BCUT2D eigenvalue weighted by Gasteiger charge is 2.45. The van der Waals surface area contributed by atoms with Crippen molar-refractivity contribution in [1.82, 2.24) is 25.4 Å². The zero-order valence-electron chi connectivity index (χ0n) is 21.7. The van der Waals surface area contributed by atoms with Gasteiger partial charge in [-0.05, 0) is 68.7 Å². The van der Waals surface area contributed by atoms with Crippen molar-refractivity contribution in [2.75, 3.05) is 33.3 Å². The van der Waals surface area contributed by atoms with Crippen LogP contribution in [0.2, 0.25) is 0 Å². The Morgan fingerprint density at radius 3 is 2.49 bits per heavy atom. The fraction of sp³-hybridized carbons (Fsp3) is 0.393. The number of urea groups is 2. The minimum absolute atomic E-state index is 0. The van der Waals surface area contributed by atoms with Crippen molar-refractivity contribution in [3.63, 3.8) is 0 Å². The molecule has 1 atom stereocenters. The molecule has 1 unspecified atom stereocenters. The summed E-state index contributed by atoms with van der Waals surface area (Å²) in [5.74, 6) is -4.95. The van der Waals surface area contributed by atoms with Gasteiger partial charge in [0.1, 0.15) is 11.7 Å². The number of carbonyl (C=O) groups excluding carboxylic acids is 3. The van der Waals surface area contributed by atoms with Crippen molar-refractivity contribution >= 4 is 24.0 Å². The van der Waals surface area contributed by atoms with E-state index >= 15 is 0 Å². The summed E-state index contributed by atoms with van der Waals surface area (Å²) in [4.78, 5) is 57.8. The molecule has 3 N–H and O–H groups in total. The average Bonchev–Trinajstić information content (AvgIpc) is 2.96. The number of likely N-dealkylation sites (tertiary alicyclic amines) is 1. The molecule has 220 valence electrons. The zero-order valence-corrected chi connectivity index (χ0v) is 21.7. The first-order valence-corrected chi connectivity index (χ1v) is 12.7. The molecule has 4 amide bonds. The molecule has 1 saturated heterocycles. The monoisotopic (exact) mass is 573 g/mol. The van der Waals surface area contributed by atoms with Gasteiger partial charge in [0.25, 0.3) is 0 Å². The predicted molar refractivity (Wildman–Crippen MR) is 144 cm³/mol. The van der Waals surface area contributed by atoms with E-state index in [1.165, 1.54) is 0 Å². The molecular weight excluding hydrogens is 540 g/mol. The topological polar surface area (TPSA) is 141 Å². The molecule has 2 aliphatic rings. The SMILES string of the molecule is C.COC(=O)C1=C(C(=O)O)NC(=O)N(C(=O)NCCCN2CCC(c3ccccn3)CC2)C1c1ccc(F)c(F)c1. The number of esters is 1.